The zero-order chi connectivity index (χ0) is 14.6. The summed E-state index contributed by atoms with van der Waals surface area (Å²) in [6, 6.07) is 13.2. The van der Waals surface area contributed by atoms with Crippen LogP contribution in [0.25, 0.3) is 22.9 Å². The lowest BCUT2D eigenvalue weighted by molar-refractivity contribution is 0.614. The molecule has 0 aliphatic heterocycles. The monoisotopic (exact) mass is 280 g/mol. The zero-order valence-corrected chi connectivity index (χ0v) is 12.3. The molecule has 0 saturated carbocycles. The van der Waals surface area contributed by atoms with Crippen molar-refractivity contribution in [1.29, 1.82) is 0 Å². The molecule has 2 aromatic rings. The lowest BCUT2D eigenvalue weighted by Gasteiger charge is -2.38. The molecule has 0 saturated heterocycles. The molecule has 0 N–H and O–H groups in total. The minimum Gasteiger partial charge on any atom is -0.0830 e. The molecule has 5 rings (SSSR count). The Morgan fingerprint density at radius 3 is 2.77 bits per heavy atom. The second kappa shape index (κ2) is 4.20. The van der Waals surface area contributed by atoms with E-state index in [1.165, 1.54) is 32.4 Å². The molecular formula is C22H16. The standard InChI is InChI=1S/C22H16/c1-2-10-20-16(6-1)11-12-17-14-19-9-5-8-18-7-3-4-13-22(18,19)15-21(17)20/h1-12,14-15H,13H2. The van der Waals surface area contributed by atoms with Gasteiger partial charge in [0.25, 0.3) is 0 Å². The van der Waals surface area contributed by atoms with Gasteiger partial charge in [0.05, 0.1) is 0 Å². The van der Waals surface area contributed by atoms with Gasteiger partial charge in [0.15, 0.2) is 0 Å². The molecule has 0 heteroatoms. The summed E-state index contributed by atoms with van der Waals surface area (Å²) in [5.74, 6) is 0. The first-order valence-electron chi connectivity index (χ1n) is 7.85. The quantitative estimate of drug-likeness (QED) is 0.689. The van der Waals surface area contributed by atoms with Gasteiger partial charge in [-0.25, -0.2) is 0 Å². The summed E-state index contributed by atoms with van der Waals surface area (Å²) >= 11 is 0. The largest absolute Gasteiger partial charge is 0.0830 e. The predicted molar refractivity (Wildman–Crippen MR) is 93.6 cm³/mol. The van der Waals surface area contributed by atoms with Crippen LogP contribution in [0.1, 0.15) is 6.42 Å². The van der Waals surface area contributed by atoms with E-state index in [1.54, 1.807) is 0 Å². The van der Waals surface area contributed by atoms with Crippen LogP contribution in [-0.2, 0) is 0 Å². The summed E-state index contributed by atoms with van der Waals surface area (Å²) in [5.41, 5.74) is 2.84. The molecule has 3 aliphatic rings. The molecule has 0 bridgehead atoms. The van der Waals surface area contributed by atoms with Crippen molar-refractivity contribution < 1.29 is 0 Å². The van der Waals surface area contributed by atoms with Crippen LogP contribution in [-0.4, -0.2) is 0 Å². The maximum atomic E-state index is 2.50. The van der Waals surface area contributed by atoms with Gasteiger partial charge < -0.3 is 0 Å². The van der Waals surface area contributed by atoms with Crippen molar-refractivity contribution in [2.45, 2.75) is 6.42 Å². The molecule has 104 valence electrons. The van der Waals surface area contributed by atoms with Crippen LogP contribution in [0.5, 0.6) is 0 Å². The summed E-state index contributed by atoms with van der Waals surface area (Å²) in [4.78, 5) is 0. The van der Waals surface area contributed by atoms with Gasteiger partial charge in [-0.1, -0.05) is 78.9 Å². The maximum absolute atomic E-state index is 2.50. The molecule has 0 heterocycles. The number of hydrogen-bond acceptors (Lipinski definition) is 0. The Morgan fingerprint density at radius 2 is 1.77 bits per heavy atom. The first-order chi connectivity index (χ1) is 10.9. The highest BCUT2D eigenvalue weighted by Crippen LogP contribution is 2.47. The third kappa shape index (κ3) is 1.47. The summed E-state index contributed by atoms with van der Waals surface area (Å²) in [5, 5.41) is 5.39. The first kappa shape index (κ1) is 12.0. The van der Waals surface area contributed by atoms with Crippen LogP contribution in [0.2, 0.25) is 0 Å². The van der Waals surface area contributed by atoms with Crippen LogP contribution in [0.3, 0.4) is 0 Å². The van der Waals surface area contributed by atoms with E-state index >= 15 is 0 Å². The van der Waals surface area contributed by atoms with Gasteiger partial charge in [-0.2, -0.15) is 0 Å². The Labute approximate surface area is 129 Å². The SMILES string of the molecule is C1=CCC23C=c4c(ccc5ccccc45)=CC2=CC=CC3=C1. The summed E-state index contributed by atoms with van der Waals surface area (Å²) < 4.78 is 0. The van der Waals surface area contributed by atoms with E-state index in [1.807, 2.05) is 0 Å². The third-order valence-electron chi connectivity index (χ3n) is 5.14. The van der Waals surface area contributed by atoms with Crippen LogP contribution in [0.15, 0.2) is 84.0 Å². The maximum Gasteiger partial charge on any atom is 0.0425 e. The van der Waals surface area contributed by atoms with Crippen molar-refractivity contribution in [2.24, 2.45) is 5.41 Å². The molecule has 0 amide bonds. The number of hydrogen-bond donors (Lipinski definition) is 0. The highest BCUT2D eigenvalue weighted by Gasteiger charge is 2.36. The number of fused-ring (bicyclic) bond motifs is 3. The van der Waals surface area contributed by atoms with Gasteiger partial charge in [-0.15, -0.1) is 0 Å². The Morgan fingerprint density at radius 1 is 0.864 bits per heavy atom. The van der Waals surface area contributed by atoms with Crippen molar-refractivity contribution in [1.82, 2.24) is 0 Å². The molecule has 2 aromatic carbocycles. The number of benzene rings is 2. The van der Waals surface area contributed by atoms with E-state index in [0.29, 0.717) is 0 Å². The summed E-state index contributed by atoms with van der Waals surface area (Å²) in [7, 11) is 0. The molecule has 1 spiro atoms. The van der Waals surface area contributed by atoms with Crippen molar-refractivity contribution >= 4 is 22.9 Å². The normalized spacial score (nSPS) is 24.4. The summed E-state index contributed by atoms with van der Waals surface area (Å²) in [6.45, 7) is 0. The Bertz CT molecular complexity index is 1040. The fraction of sp³-hybridized carbons (Fsp3) is 0.0909. The van der Waals surface area contributed by atoms with E-state index in [-0.39, 0.29) is 5.41 Å². The van der Waals surface area contributed by atoms with Crippen LogP contribution in [0, 0.1) is 5.41 Å². The minimum absolute atomic E-state index is 0.0284. The molecule has 3 aliphatic carbocycles. The Balaban J connectivity index is 1.95. The predicted octanol–water partition coefficient (Wildman–Crippen LogP) is 3.78. The van der Waals surface area contributed by atoms with E-state index in [2.05, 4.69) is 85.0 Å². The van der Waals surface area contributed by atoms with Crippen LogP contribution >= 0.6 is 0 Å². The van der Waals surface area contributed by atoms with E-state index in [0.717, 1.165) is 6.42 Å². The van der Waals surface area contributed by atoms with Crippen molar-refractivity contribution in [3.8, 4) is 0 Å². The van der Waals surface area contributed by atoms with E-state index < -0.39 is 0 Å². The third-order valence-corrected chi connectivity index (χ3v) is 5.14. The van der Waals surface area contributed by atoms with Crippen molar-refractivity contribution in [2.75, 3.05) is 0 Å². The number of allylic oxidation sites excluding steroid dienone is 8. The van der Waals surface area contributed by atoms with Gasteiger partial charge in [-0.3, -0.25) is 0 Å². The lowest BCUT2D eigenvalue weighted by Crippen LogP contribution is -2.38. The molecule has 0 radical (unpaired) electrons. The highest BCUT2D eigenvalue weighted by molar-refractivity contribution is 5.86. The molecular weight excluding hydrogens is 264 g/mol. The van der Waals surface area contributed by atoms with Crippen LogP contribution in [0.4, 0.5) is 0 Å². The van der Waals surface area contributed by atoms with Crippen LogP contribution < -0.4 is 10.4 Å². The Hall–Kier alpha value is -2.60. The average Bonchev–Trinajstić information content (AvgIpc) is 2.58. The lowest BCUT2D eigenvalue weighted by atomic mass is 9.65. The highest BCUT2D eigenvalue weighted by atomic mass is 14.4. The zero-order valence-electron chi connectivity index (χ0n) is 12.3. The van der Waals surface area contributed by atoms with Crippen molar-refractivity contribution in [3.05, 3.63) is 94.4 Å². The second-order valence-corrected chi connectivity index (χ2v) is 6.29. The molecule has 0 fully saturated rings. The fourth-order valence-electron chi connectivity index (χ4n) is 4.00. The summed E-state index contributed by atoms with van der Waals surface area (Å²) in [6.07, 6.45) is 19.3. The van der Waals surface area contributed by atoms with E-state index in [4.69, 9.17) is 0 Å². The number of rotatable bonds is 0. The first-order valence-corrected chi connectivity index (χ1v) is 7.85. The van der Waals surface area contributed by atoms with Gasteiger partial charge >= 0.3 is 0 Å². The van der Waals surface area contributed by atoms with Gasteiger partial charge in [-0.05, 0) is 44.9 Å². The van der Waals surface area contributed by atoms with Gasteiger partial charge in [0, 0.05) is 5.41 Å². The van der Waals surface area contributed by atoms with E-state index in [9.17, 15) is 0 Å². The van der Waals surface area contributed by atoms with Gasteiger partial charge in [0.2, 0.25) is 0 Å². The van der Waals surface area contributed by atoms with Gasteiger partial charge in [0.1, 0.15) is 0 Å². The minimum atomic E-state index is 0.0284. The Kier molecular flexibility index (Phi) is 2.29. The molecule has 0 aromatic heterocycles. The smallest absolute Gasteiger partial charge is 0.0425 e. The molecule has 22 heavy (non-hydrogen) atoms. The average molecular weight is 280 g/mol. The fourth-order valence-corrected chi connectivity index (χ4v) is 4.00. The molecule has 0 nitrogen and oxygen atoms in total. The second-order valence-electron chi connectivity index (χ2n) is 6.29. The topological polar surface area (TPSA) is 0 Å². The van der Waals surface area contributed by atoms with Crippen molar-refractivity contribution in [3.63, 3.8) is 0 Å². The molecule has 1 atom stereocenters. The molecule has 1 unspecified atom stereocenters.